The van der Waals surface area contributed by atoms with Crippen molar-refractivity contribution in [1.82, 2.24) is 14.9 Å². The molecule has 1 aromatic carbocycles. The van der Waals surface area contributed by atoms with E-state index in [4.69, 9.17) is 9.57 Å². The molecule has 2 heterocycles. The number of likely N-dealkylation sites (tertiary alicyclic amines) is 1. The van der Waals surface area contributed by atoms with E-state index in [0.717, 1.165) is 0 Å². The van der Waals surface area contributed by atoms with Crippen LogP contribution in [0, 0.1) is 0 Å². The highest BCUT2D eigenvalue weighted by molar-refractivity contribution is 5.89. The SMILES string of the molecule is CC(C)(C)OC(=O)N1CC(N2CCN(OC(=O)c3ccccc3)CC2=O)C1. The van der Waals surface area contributed by atoms with Gasteiger partial charge in [0.15, 0.2) is 0 Å². The van der Waals surface area contributed by atoms with Gasteiger partial charge in [0, 0.05) is 19.6 Å². The van der Waals surface area contributed by atoms with Crippen LogP contribution in [-0.4, -0.2) is 77.2 Å². The summed E-state index contributed by atoms with van der Waals surface area (Å²) in [7, 11) is 0. The number of nitrogens with zero attached hydrogens (tertiary/aromatic N) is 3. The van der Waals surface area contributed by atoms with E-state index < -0.39 is 11.6 Å². The molecule has 2 fully saturated rings. The number of hydrogen-bond acceptors (Lipinski definition) is 6. The summed E-state index contributed by atoms with van der Waals surface area (Å²) in [5.41, 5.74) is -0.0916. The number of ether oxygens (including phenoxy) is 1. The minimum atomic E-state index is -0.535. The highest BCUT2D eigenvalue weighted by Gasteiger charge is 2.41. The number of rotatable bonds is 3. The molecule has 0 N–H and O–H groups in total. The third-order valence-corrected chi connectivity index (χ3v) is 4.40. The monoisotopic (exact) mass is 375 g/mol. The van der Waals surface area contributed by atoms with Crippen molar-refractivity contribution >= 4 is 18.0 Å². The van der Waals surface area contributed by atoms with E-state index in [1.807, 2.05) is 26.8 Å². The van der Waals surface area contributed by atoms with Gasteiger partial charge in [-0.15, -0.1) is 5.06 Å². The van der Waals surface area contributed by atoms with Crippen molar-refractivity contribution in [3.63, 3.8) is 0 Å². The van der Waals surface area contributed by atoms with E-state index in [1.54, 1.807) is 34.1 Å². The molecule has 2 amide bonds. The minimum Gasteiger partial charge on any atom is -0.444 e. The third-order valence-electron chi connectivity index (χ3n) is 4.40. The molecule has 0 radical (unpaired) electrons. The number of hydroxylamine groups is 2. The summed E-state index contributed by atoms with van der Waals surface area (Å²) >= 11 is 0. The Labute approximate surface area is 158 Å². The predicted octanol–water partition coefficient (Wildman–Crippen LogP) is 1.52. The highest BCUT2D eigenvalue weighted by Crippen LogP contribution is 2.21. The van der Waals surface area contributed by atoms with E-state index in [1.165, 1.54) is 5.06 Å². The molecular formula is C19H25N3O5. The Kier molecular flexibility index (Phi) is 5.36. The normalized spacial score (nSPS) is 18.9. The predicted molar refractivity (Wildman–Crippen MR) is 96.7 cm³/mol. The second-order valence-corrected chi connectivity index (χ2v) is 7.73. The Morgan fingerprint density at radius 1 is 1.07 bits per heavy atom. The number of carbonyl (C=O) groups is 3. The quantitative estimate of drug-likeness (QED) is 0.797. The summed E-state index contributed by atoms with van der Waals surface area (Å²) in [5.74, 6) is -0.590. The van der Waals surface area contributed by atoms with Gasteiger partial charge < -0.3 is 19.4 Å². The molecule has 1 aromatic rings. The van der Waals surface area contributed by atoms with E-state index in [2.05, 4.69) is 0 Å². The van der Waals surface area contributed by atoms with Crippen LogP contribution in [0.2, 0.25) is 0 Å². The Morgan fingerprint density at radius 3 is 2.33 bits per heavy atom. The summed E-state index contributed by atoms with van der Waals surface area (Å²) in [4.78, 5) is 45.1. The second kappa shape index (κ2) is 7.56. The average Bonchev–Trinajstić information content (AvgIpc) is 2.54. The first-order valence-electron chi connectivity index (χ1n) is 9.02. The minimum absolute atomic E-state index is 0.0154. The van der Waals surface area contributed by atoms with Crippen LogP contribution >= 0.6 is 0 Å². The molecule has 2 aliphatic rings. The topological polar surface area (TPSA) is 79.4 Å². The fourth-order valence-corrected chi connectivity index (χ4v) is 3.00. The van der Waals surface area contributed by atoms with Crippen molar-refractivity contribution in [2.45, 2.75) is 32.4 Å². The van der Waals surface area contributed by atoms with Gasteiger partial charge in [-0.25, -0.2) is 9.59 Å². The molecule has 3 rings (SSSR count). The number of hydrogen-bond donors (Lipinski definition) is 0. The molecule has 0 atom stereocenters. The summed E-state index contributed by atoms with van der Waals surface area (Å²) in [6.07, 6.45) is -0.360. The van der Waals surface area contributed by atoms with Crippen LogP contribution in [0.25, 0.3) is 0 Å². The van der Waals surface area contributed by atoms with Crippen LogP contribution < -0.4 is 0 Å². The maximum atomic E-state index is 12.4. The summed E-state index contributed by atoms with van der Waals surface area (Å²) in [5, 5.41) is 1.39. The largest absolute Gasteiger partial charge is 0.444 e. The standard InChI is InChI=1S/C19H25N3O5/c1-19(2,3)26-18(25)20-11-15(12-20)22-10-9-21(13-16(22)23)27-17(24)14-7-5-4-6-8-14/h4-8,15H,9-13H2,1-3H3. The lowest BCUT2D eigenvalue weighted by Crippen LogP contribution is -2.66. The molecule has 27 heavy (non-hydrogen) atoms. The van der Waals surface area contributed by atoms with Crippen LogP contribution in [0.3, 0.4) is 0 Å². The fourth-order valence-electron chi connectivity index (χ4n) is 3.00. The van der Waals surface area contributed by atoms with Crippen LogP contribution in [0.4, 0.5) is 4.79 Å². The van der Waals surface area contributed by atoms with Gasteiger partial charge in [0.2, 0.25) is 5.91 Å². The Bertz CT molecular complexity index is 710. The molecule has 0 bridgehead atoms. The van der Waals surface area contributed by atoms with Crippen LogP contribution in [0.5, 0.6) is 0 Å². The molecule has 0 unspecified atom stereocenters. The van der Waals surface area contributed by atoms with Crippen molar-refractivity contribution in [2.75, 3.05) is 32.7 Å². The Morgan fingerprint density at radius 2 is 1.74 bits per heavy atom. The lowest BCUT2D eigenvalue weighted by Gasteiger charge is -2.47. The number of piperazine rings is 1. The zero-order chi connectivity index (χ0) is 19.6. The smallest absolute Gasteiger partial charge is 0.410 e. The van der Waals surface area contributed by atoms with E-state index in [-0.39, 0.29) is 24.6 Å². The lowest BCUT2D eigenvalue weighted by atomic mass is 10.1. The molecule has 2 saturated heterocycles. The van der Waals surface area contributed by atoms with Crippen molar-refractivity contribution in [3.8, 4) is 0 Å². The second-order valence-electron chi connectivity index (χ2n) is 7.73. The molecule has 0 aromatic heterocycles. The first-order chi connectivity index (χ1) is 12.7. The van der Waals surface area contributed by atoms with Gasteiger partial charge in [-0.3, -0.25) is 4.79 Å². The van der Waals surface area contributed by atoms with Crippen molar-refractivity contribution in [1.29, 1.82) is 0 Å². The van der Waals surface area contributed by atoms with E-state index in [9.17, 15) is 14.4 Å². The van der Waals surface area contributed by atoms with Crippen LogP contribution in [0.15, 0.2) is 30.3 Å². The van der Waals surface area contributed by atoms with Gasteiger partial charge in [-0.1, -0.05) is 18.2 Å². The highest BCUT2D eigenvalue weighted by atomic mass is 16.7. The van der Waals surface area contributed by atoms with Gasteiger partial charge in [0.25, 0.3) is 0 Å². The van der Waals surface area contributed by atoms with Crippen molar-refractivity contribution < 1.29 is 24.0 Å². The first-order valence-corrected chi connectivity index (χ1v) is 9.02. The molecule has 0 spiro atoms. The van der Waals surface area contributed by atoms with Crippen LogP contribution in [0.1, 0.15) is 31.1 Å². The summed E-state index contributed by atoms with van der Waals surface area (Å²) in [6.45, 7) is 7.29. The number of amides is 2. The molecule has 0 aliphatic carbocycles. The molecular weight excluding hydrogens is 350 g/mol. The maximum absolute atomic E-state index is 12.4. The van der Waals surface area contributed by atoms with Gasteiger partial charge >= 0.3 is 12.1 Å². The molecule has 0 saturated carbocycles. The van der Waals surface area contributed by atoms with Gasteiger partial charge in [-0.05, 0) is 32.9 Å². The summed E-state index contributed by atoms with van der Waals surface area (Å²) < 4.78 is 5.32. The molecule has 8 heteroatoms. The molecule has 8 nitrogen and oxygen atoms in total. The average molecular weight is 375 g/mol. The number of benzene rings is 1. The van der Waals surface area contributed by atoms with Gasteiger partial charge in [0.05, 0.1) is 18.2 Å². The van der Waals surface area contributed by atoms with E-state index in [0.29, 0.717) is 31.7 Å². The summed E-state index contributed by atoms with van der Waals surface area (Å²) in [6, 6.07) is 8.65. The lowest BCUT2D eigenvalue weighted by molar-refractivity contribution is -0.168. The number of carbonyl (C=O) groups excluding carboxylic acids is 3. The van der Waals surface area contributed by atoms with Gasteiger partial charge in [-0.2, -0.15) is 0 Å². The van der Waals surface area contributed by atoms with Crippen molar-refractivity contribution in [3.05, 3.63) is 35.9 Å². The Balaban J connectivity index is 1.45. The third kappa shape index (κ3) is 4.77. The van der Waals surface area contributed by atoms with Gasteiger partial charge in [0.1, 0.15) is 12.1 Å². The van der Waals surface area contributed by atoms with Crippen LogP contribution in [-0.2, 0) is 14.4 Å². The zero-order valence-corrected chi connectivity index (χ0v) is 15.9. The molecule has 2 aliphatic heterocycles. The van der Waals surface area contributed by atoms with E-state index >= 15 is 0 Å². The zero-order valence-electron chi connectivity index (χ0n) is 15.9. The fraction of sp³-hybridized carbons (Fsp3) is 0.526. The van der Waals surface area contributed by atoms with Crippen molar-refractivity contribution in [2.24, 2.45) is 0 Å². The first kappa shape index (κ1) is 19.2. The Hall–Kier alpha value is -2.61. The maximum Gasteiger partial charge on any atom is 0.410 e. The molecule has 146 valence electrons.